The van der Waals surface area contributed by atoms with Crippen LogP contribution in [0.4, 0.5) is 36.6 Å². The maximum absolute atomic E-state index is 15.5. The smallest absolute Gasteiger partial charge is 0.419 e. The molecule has 0 bridgehead atoms. The number of aromatic nitrogens is 4. The zero-order chi connectivity index (χ0) is 43.0. The van der Waals surface area contributed by atoms with E-state index in [1.807, 2.05) is 30.3 Å². The molecule has 3 heterocycles. The lowest BCUT2D eigenvalue weighted by molar-refractivity contribution is -0.897. The lowest BCUT2D eigenvalue weighted by Gasteiger charge is -2.50. The molecule has 0 saturated heterocycles. The summed E-state index contributed by atoms with van der Waals surface area (Å²) in [5, 5.41) is 18.5. The fraction of sp³-hybridized carbons (Fsp3) is 0.256. The SMILES string of the molecule is CCC[N+]1(CCC)C(=O)c2c(nc(-c3ccc(OCc4ccccc4)cc3)n2-c2cnn(Cc3ccc(C(F)(F)F)c(F)c3)c2)NC1(C(=O)O)c1cccc(C(F)(F)F)c1. The van der Waals surface area contributed by atoms with Crippen LogP contribution in [-0.2, 0) is 36.0 Å². The van der Waals surface area contributed by atoms with Crippen LogP contribution in [0.3, 0.4) is 0 Å². The van der Waals surface area contributed by atoms with Crippen molar-refractivity contribution >= 4 is 17.7 Å². The fourth-order valence-corrected chi connectivity index (χ4v) is 7.87. The van der Waals surface area contributed by atoms with Gasteiger partial charge in [0.15, 0.2) is 11.5 Å². The molecule has 0 spiro atoms. The van der Waals surface area contributed by atoms with Crippen molar-refractivity contribution in [1.29, 1.82) is 0 Å². The highest BCUT2D eigenvalue weighted by Crippen LogP contribution is 2.48. The second-order valence-electron chi connectivity index (χ2n) is 14.4. The van der Waals surface area contributed by atoms with Gasteiger partial charge in [-0.15, -0.1) is 0 Å². The topological polar surface area (TPSA) is 111 Å². The van der Waals surface area contributed by atoms with Crippen LogP contribution in [0.15, 0.2) is 109 Å². The maximum Gasteiger partial charge on any atom is 0.419 e. The molecule has 1 aliphatic heterocycles. The Kier molecular flexibility index (Phi) is 11.1. The fourth-order valence-electron chi connectivity index (χ4n) is 7.87. The van der Waals surface area contributed by atoms with Crippen LogP contribution in [-0.4, -0.2) is 53.9 Å². The van der Waals surface area contributed by atoms with Gasteiger partial charge in [-0.05, 0) is 78.6 Å². The molecule has 1 atom stereocenters. The van der Waals surface area contributed by atoms with E-state index in [9.17, 15) is 40.6 Å². The van der Waals surface area contributed by atoms with E-state index in [0.717, 1.165) is 35.9 Å². The summed E-state index contributed by atoms with van der Waals surface area (Å²) in [4.78, 5) is 34.0. The zero-order valence-corrected chi connectivity index (χ0v) is 32.2. The highest BCUT2D eigenvalue weighted by molar-refractivity contribution is 6.01. The van der Waals surface area contributed by atoms with E-state index >= 15 is 4.79 Å². The highest BCUT2D eigenvalue weighted by atomic mass is 19.4. The van der Waals surface area contributed by atoms with Gasteiger partial charge in [-0.2, -0.15) is 31.4 Å². The summed E-state index contributed by atoms with van der Waals surface area (Å²) >= 11 is 0. The van der Waals surface area contributed by atoms with E-state index in [1.54, 1.807) is 38.1 Å². The van der Waals surface area contributed by atoms with Crippen molar-refractivity contribution < 1.29 is 54.6 Å². The number of amides is 1. The van der Waals surface area contributed by atoms with Crippen molar-refractivity contribution in [2.75, 3.05) is 18.4 Å². The number of aliphatic carboxylic acids is 1. The van der Waals surface area contributed by atoms with Crippen LogP contribution in [0.2, 0.25) is 0 Å². The van der Waals surface area contributed by atoms with E-state index in [1.165, 1.54) is 27.7 Å². The number of halogens is 7. The molecule has 0 saturated carbocycles. The summed E-state index contributed by atoms with van der Waals surface area (Å²) in [6, 6.07) is 22.5. The number of quaternary nitrogens is 1. The molecule has 60 heavy (non-hydrogen) atoms. The van der Waals surface area contributed by atoms with Gasteiger partial charge in [-0.3, -0.25) is 9.25 Å². The maximum atomic E-state index is 15.5. The van der Waals surface area contributed by atoms with Gasteiger partial charge >= 0.3 is 29.9 Å². The molecule has 4 aromatic carbocycles. The largest absolute Gasteiger partial charge is 0.489 e. The number of carbonyl (C=O) groups is 2. The third-order valence-electron chi connectivity index (χ3n) is 10.5. The average Bonchev–Trinajstić information content (AvgIpc) is 3.83. The summed E-state index contributed by atoms with van der Waals surface area (Å²) < 4.78 is 105. The Bertz CT molecular complexity index is 2530. The number of hydrogen-bond donors (Lipinski definition) is 2. The first-order chi connectivity index (χ1) is 28.5. The number of carboxylic acids is 1. The van der Waals surface area contributed by atoms with Crippen LogP contribution >= 0.6 is 0 Å². The van der Waals surface area contributed by atoms with Crippen molar-refractivity contribution in [3.63, 3.8) is 0 Å². The summed E-state index contributed by atoms with van der Waals surface area (Å²) in [7, 11) is 0. The third kappa shape index (κ3) is 7.48. The van der Waals surface area contributed by atoms with Gasteiger partial charge in [-0.1, -0.05) is 56.3 Å². The summed E-state index contributed by atoms with van der Waals surface area (Å²) in [6.45, 7) is 3.35. The molecular formula is C43H38F7N6O4+. The van der Waals surface area contributed by atoms with E-state index in [-0.39, 0.29) is 73.2 Å². The lowest BCUT2D eigenvalue weighted by atomic mass is 9.88. The van der Waals surface area contributed by atoms with Crippen molar-refractivity contribution in [3.8, 4) is 22.8 Å². The first-order valence-corrected chi connectivity index (χ1v) is 18.9. The quantitative estimate of drug-likeness (QED) is 0.0881. The summed E-state index contributed by atoms with van der Waals surface area (Å²) in [6.07, 6.45) is -6.40. The Hall–Kier alpha value is -6.49. The molecule has 1 aliphatic rings. The second-order valence-corrected chi connectivity index (χ2v) is 14.4. The number of nitrogens with zero attached hydrogens (tertiary/aromatic N) is 5. The Morgan fingerprint density at radius 1 is 0.867 bits per heavy atom. The number of carbonyl (C=O) groups excluding carboxylic acids is 1. The van der Waals surface area contributed by atoms with Crippen LogP contribution in [0.1, 0.15) is 65.0 Å². The first kappa shape index (κ1) is 41.7. The molecule has 312 valence electrons. The number of nitrogens with one attached hydrogen (secondary N) is 1. The van der Waals surface area contributed by atoms with Crippen LogP contribution in [0.25, 0.3) is 17.1 Å². The number of rotatable bonds is 13. The van der Waals surface area contributed by atoms with E-state index in [0.29, 0.717) is 17.4 Å². The third-order valence-corrected chi connectivity index (χ3v) is 10.5. The summed E-state index contributed by atoms with van der Waals surface area (Å²) in [5.41, 5.74) is -3.69. The number of fused-ring (bicyclic) bond motifs is 1. The molecular weight excluding hydrogens is 797 g/mol. The van der Waals surface area contributed by atoms with E-state index in [2.05, 4.69) is 10.4 Å². The highest BCUT2D eigenvalue weighted by Gasteiger charge is 2.67. The van der Waals surface area contributed by atoms with Gasteiger partial charge in [0.1, 0.15) is 24.0 Å². The van der Waals surface area contributed by atoms with E-state index in [4.69, 9.17) is 9.72 Å². The Balaban J connectivity index is 1.40. The van der Waals surface area contributed by atoms with Gasteiger partial charge in [-0.25, -0.2) is 23.4 Å². The van der Waals surface area contributed by atoms with Crippen molar-refractivity contribution in [2.24, 2.45) is 0 Å². The van der Waals surface area contributed by atoms with Crippen LogP contribution in [0.5, 0.6) is 5.75 Å². The molecule has 7 rings (SSSR count). The van der Waals surface area contributed by atoms with Gasteiger partial charge in [0.25, 0.3) is 0 Å². The number of anilines is 1. The molecule has 0 fully saturated rings. The predicted molar refractivity (Wildman–Crippen MR) is 205 cm³/mol. The van der Waals surface area contributed by atoms with Gasteiger partial charge in [0, 0.05) is 17.3 Å². The minimum absolute atomic E-state index is 0.103. The molecule has 0 aliphatic carbocycles. The Labute approximate surface area is 339 Å². The Morgan fingerprint density at radius 2 is 1.57 bits per heavy atom. The first-order valence-electron chi connectivity index (χ1n) is 18.9. The number of carboxylic acid groups (broad SMARTS) is 1. The molecule has 2 N–H and O–H groups in total. The average molecular weight is 836 g/mol. The number of imidazole rings is 1. The minimum Gasteiger partial charge on any atom is -0.489 e. The number of alkyl halides is 6. The lowest BCUT2D eigenvalue weighted by Crippen LogP contribution is -2.74. The normalized spacial score (nSPS) is 16.3. The molecule has 1 amide bonds. The number of hydrogen-bond acceptors (Lipinski definition) is 6. The Morgan fingerprint density at radius 3 is 2.18 bits per heavy atom. The molecule has 17 heteroatoms. The molecule has 6 aromatic rings. The predicted octanol–water partition coefficient (Wildman–Crippen LogP) is 9.68. The molecule has 0 radical (unpaired) electrons. The monoisotopic (exact) mass is 835 g/mol. The van der Waals surface area contributed by atoms with Gasteiger partial charge < -0.3 is 15.2 Å². The second kappa shape index (κ2) is 15.9. The zero-order valence-electron chi connectivity index (χ0n) is 32.2. The molecule has 10 nitrogen and oxygen atoms in total. The molecule has 1 unspecified atom stereocenters. The van der Waals surface area contributed by atoms with Gasteiger partial charge in [0.2, 0.25) is 0 Å². The minimum atomic E-state index is -4.90. The standard InChI is InChI=1S/C43H37F7N6O4/c1-3-19-56(20-4-2)39(57)36-37(53-41(56,40(58)59)30-11-8-12-31(22-30)42(45,46)47)52-38(29-14-16-33(17-15-29)60-26-27-9-6-5-7-10-27)55(36)32-23-51-54(25-32)24-28-13-18-34(35(44)21-28)43(48,49)50/h5-18,21-23,25H,3-4,19-20,24,26H2,1-2H3,(H-,53,57,58,59)/p+1. The van der Waals surface area contributed by atoms with Crippen molar-refractivity contribution in [1.82, 2.24) is 19.3 Å². The van der Waals surface area contributed by atoms with Crippen molar-refractivity contribution in [3.05, 3.63) is 149 Å². The number of ether oxygens (including phenoxy) is 1. The van der Waals surface area contributed by atoms with Gasteiger partial charge in [0.05, 0.1) is 42.6 Å². The summed E-state index contributed by atoms with van der Waals surface area (Å²) in [5.74, 6) is -3.42. The van der Waals surface area contributed by atoms with E-state index < -0.39 is 51.3 Å². The van der Waals surface area contributed by atoms with Crippen molar-refractivity contribution in [2.45, 2.75) is 57.9 Å². The van der Waals surface area contributed by atoms with Crippen LogP contribution in [0, 0.1) is 5.82 Å². The molecule has 2 aromatic heterocycles. The van der Waals surface area contributed by atoms with Crippen LogP contribution < -0.4 is 10.1 Å². The number of benzene rings is 4.